The Balaban J connectivity index is 1.89. The second-order valence-electron chi connectivity index (χ2n) is 4.19. The molecule has 100 valence electrons. The number of hydrogen-bond donors (Lipinski definition) is 2. The van der Waals surface area contributed by atoms with Crippen molar-refractivity contribution in [1.29, 1.82) is 0 Å². The van der Waals surface area contributed by atoms with Crippen LogP contribution in [0.1, 0.15) is 0 Å². The molecule has 0 bridgehead atoms. The summed E-state index contributed by atoms with van der Waals surface area (Å²) in [5.41, 5.74) is 2.52. The highest BCUT2D eigenvalue weighted by atomic mass is 16.4. The van der Waals surface area contributed by atoms with E-state index in [0.717, 1.165) is 22.1 Å². The molecule has 2 aromatic heterocycles. The first-order chi connectivity index (χ1) is 9.74. The first kappa shape index (κ1) is 12.2. The van der Waals surface area contributed by atoms with Crippen LogP contribution in [-0.2, 0) is 4.79 Å². The van der Waals surface area contributed by atoms with Gasteiger partial charge in [-0.3, -0.25) is 4.79 Å². The highest BCUT2D eigenvalue weighted by Gasteiger charge is 2.08. The predicted octanol–water partition coefficient (Wildman–Crippen LogP) is 2.39. The van der Waals surface area contributed by atoms with Gasteiger partial charge in [-0.2, -0.15) is 0 Å². The maximum absolute atomic E-state index is 10.4. The standard InChI is InChI=1S/C14H11N3O3/c18-13(19)7-17-14-15-5-9(6-16-14)11-8-20-12-4-2-1-3-10(11)12/h1-6,8H,7H2,(H,18,19)(H,15,16,17). The predicted molar refractivity (Wildman–Crippen MR) is 73.4 cm³/mol. The Morgan fingerprint density at radius 3 is 2.75 bits per heavy atom. The van der Waals surface area contributed by atoms with Gasteiger partial charge in [0, 0.05) is 28.9 Å². The molecule has 0 aliphatic rings. The third-order valence-corrected chi connectivity index (χ3v) is 2.84. The van der Waals surface area contributed by atoms with Crippen LogP contribution in [0.4, 0.5) is 5.95 Å². The van der Waals surface area contributed by atoms with Gasteiger partial charge < -0.3 is 14.8 Å². The van der Waals surface area contributed by atoms with E-state index >= 15 is 0 Å². The van der Waals surface area contributed by atoms with Gasteiger partial charge in [0.25, 0.3) is 0 Å². The number of carbonyl (C=O) groups is 1. The van der Waals surface area contributed by atoms with Crippen molar-refractivity contribution in [3.63, 3.8) is 0 Å². The van der Waals surface area contributed by atoms with Gasteiger partial charge in [0.1, 0.15) is 12.1 Å². The molecule has 0 unspecified atom stereocenters. The monoisotopic (exact) mass is 269 g/mol. The van der Waals surface area contributed by atoms with Gasteiger partial charge in [-0.25, -0.2) is 9.97 Å². The summed E-state index contributed by atoms with van der Waals surface area (Å²) in [5.74, 6) is -0.678. The molecule has 6 heteroatoms. The fourth-order valence-electron chi connectivity index (χ4n) is 1.91. The van der Waals surface area contributed by atoms with Crippen molar-refractivity contribution in [2.24, 2.45) is 0 Å². The van der Waals surface area contributed by atoms with Crippen LogP contribution in [-0.4, -0.2) is 27.6 Å². The number of para-hydroxylation sites is 1. The number of nitrogens with one attached hydrogen (secondary N) is 1. The Hall–Kier alpha value is -2.89. The summed E-state index contributed by atoms with van der Waals surface area (Å²) in [7, 11) is 0. The Labute approximate surface area is 114 Å². The molecule has 0 spiro atoms. The molecule has 0 aliphatic carbocycles. The number of benzene rings is 1. The van der Waals surface area contributed by atoms with Crippen molar-refractivity contribution in [2.45, 2.75) is 0 Å². The minimum atomic E-state index is -0.960. The molecule has 1 aromatic carbocycles. The minimum absolute atomic E-state index is 0.214. The van der Waals surface area contributed by atoms with E-state index in [0.29, 0.717) is 0 Å². The van der Waals surface area contributed by atoms with E-state index in [1.807, 2.05) is 24.3 Å². The normalized spacial score (nSPS) is 10.6. The third kappa shape index (κ3) is 2.31. The zero-order valence-corrected chi connectivity index (χ0v) is 10.4. The van der Waals surface area contributed by atoms with E-state index in [1.165, 1.54) is 0 Å². The van der Waals surface area contributed by atoms with Crippen molar-refractivity contribution < 1.29 is 14.3 Å². The molecule has 0 radical (unpaired) electrons. The summed E-state index contributed by atoms with van der Waals surface area (Å²) in [6.45, 7) is -0.214. The SMILES string of the molecule is O=C(O)CNc1ncc(-c2coc3ccccc23)cn1. The zero-order chi connectivity index (χ0) is 13.9. The number of fused-ring (bicyclic) bond motifs is 1. The number of hydrogen-bond acceptors (Lipinski definition) is 5. The van der Waals surface area contributed by atoms with E-state index < -0.39 is 5.97 Å². The Kier molecular flexibility index (Phi) is 3.04. The lowest BCUT2D eigenvalue weighted by Crippen LogP contribution is -2.14. The highest BCUT2D eigenvalue weighted by molar-refractivity contribution is 5.93. The van der Waals surface area contributed by atoms with E-state index in [4.69, 9.17) is 9.52 Å². The average molecular weight is 269 g/mol. The van der Waals surface area contributed by atoms with Gasteiger partial charge in [0.15, 0.2) is 0 Å². The lowest BCUT2D eigenvalue weighted by Gasteiger charge is -2.02. The lowest BCUT2D eigenvalue weighted by molar-refractivity contribution is -0.134. The topological polar surface area (TPSA) is 88.2 Å². The molecule has 0 atom stereocenters. The molecule has 0 aliphatic heterocycles. The van der Waals surface area contributed by atoms with Crippen LogP contribution < -0.4 is 5.32 Å². The molecule has 20 heavy (non-hydrogen) atoms. The molecule has 2 heterocycles. The van der Waals surface area contributed by atoms with Crippen molar-refractivity contribution in [3.8, 4) is 11.1 Å². The Bertz CT molecular complexity index is 750. The van der Waals surface area contributed by atoms with Crippen LogP contribution in [0, 0.1) is 0 Å². The quantitative estimate of drug-likeness (QED) is 0.756. The Morgan fingerprint density at radius 2 is 2.00 bits per heavy atom. The molecule has 0 amide bonds. The van der Waals surface area contributed by atoms with E-state index in [2.05, 4.69) is 15.3 Å². The Morgan fingerprint density at radius 1 is 1.25 bits per heavy atom. The van der Waals surface area contributed by atoms with E-state index in [1.54, 1.807) is 18.7 Å². The van der Waals surface area contributed by atoms with Gasteiger partial charge >= 0.3 is 5.97 Å². The molecule has 3 aromatic rings. The fraction of sp³-hybridized carbons (Fsp3) is 0.0714. The summed E-state index contributed by atoms with van der Waals surface area (Å²) in [6.07, 6.45) is 4.93. The number of carboxylic acid groups (broad SMARTS) is 1. The molecule has 0 saturated carbocycles. The number of aliphatic carboxylic acids is 1. The second-order valence-corrected chi connectivity index (χ2v) is 4.19. The maximum Gasteiger partial charge on any atom is 0.322 e. The highest BCUT2D eigenvalue weighted by Crippen LogP contribution is 2.29. The van der Waals surface area contributed by atoms with Crippen molar-refractivity contribution in [3.05, 3.63) is 42.9 Å². The van der Waals surface area contributed by atoms with Gasteiger partial charge in [-0.15, -0.1) is 0 Å². The number of rotatable bonds is 4. The van der Waals surface area contributed by atoms with Crippen LogP contribution in [0.15, 0.2) is 47.3 Å². The number of carboxylic acids is 1. The lowest BCUT2D eigenvalue weighted by atomic mass is 10.1. The van der Waals surface area contributed by atoms with Crippen LogP contribution in [0.5, 0.6) is 0 Å². The van der Waals surface area contributed by atoms with Crippen molar-refractivity contribution in [1.82, 2.24) is 9.97 Å². The van der Waals surface area contributed by atoms with Gasteiger partial charge in [0.05, 0.1) is 6.26 Å². The first-order valence-corrected chi connectivity index (χ1v) is 5.98. The maximum atomic E-state index is 10.4. The summed E-state index contributed by atoms with van der Waals surface area (Å²) in [6, 6.07) is 7.70. The zero-order valence-electron chi connectivity index (χ0n) is 10.4. The minimum Gasteiger partial charge on any atom is -0.480 e. The average Bonchev–Trinajstić information content (AvgIpc) is 2.89. The summed E-state index contributed by atoms with van der Waals surface area (Å²) < 4.78 is 5.46. The third-order valence-electron chi connectivity index (χ3n) is 2.84. The first-order valence-electron chi connectivity index (χ1n) is 5.98. The van der Waals surface area contributed by atoms with Crippen molar-refractivity contribution in [2.75, 3.05) is 11.9 Å². The number of furan rings is 1. The molecule has 3 rings (SSSR count). The van der Waals surface area contributed by atoms with Gasteiger partial charge in [0.2, 0.25) is 5.95 Å². The summed E-state index contributed by atoms with van der Waals surface area (Å²) >= 11 is 0. The molecular formula is C14H11N3O3. The molecular weight excluding hydrogens is 258 g/mol. The molecule has 0 saturated heterocycles. The fourth-order valence-corrected chi connectivity index (χ4v) is 1.91. The van der Waals surface area contributed by atoms with Crippen LogP contribution in [0.2, 0.25) is 0 Å². The molecule has 6 nitrogen and oxygen atoms in total. The summed E-state index contributed by atoms with van der Waals surface area (Å²) in [4.78, 5) is 18.6. The number of anilines is 1. The smallest absolute Gasteiger partial charge is 0.322 e. The van der Waals surface area contributed by atoms with Crippen LogP contribution >= 0.6 is 0 Å². The summed E-state index contributed by atoms with van der Waals surface area (Å²) in [5, 5.41) is 12.2. The second kappa shape index (κ2) is 5.00. The number of nitrogens with zero attached hydrogens (tertiary/aromatic N) is 2. The van der Waals surface area contributed by atoms with Gasteiger partial charge in [-0.1, -0.05) is 18.2 Å². The van der Waals surface area contributed by atoms with E-state index in [-0.39, 0.29) is 12.5 Å². The van der Waals surface area contributed by atoms with Gasteiger partial charge in [-0.05, 0) is 6.07 Å². The number of aromatic nitrogens is 2. The van der Waals surface area contributed by atoms with Crippen LogP contribution in [0.25, 0.3) is 22.1 Å². The molecule has 0 fully saturated rings. The largest absolute Gasteiger partial charge is 0.480 e. The molecule has 2 N–H and O–H groups in total. The van der Waals surface area contributed by atoms with E-state index in [9.17, 15) is 4.79 Å². The van der Waals surface area contributed by atoms with Crippen LogP contribution in [0.3, 0.4) is 0 Å². The van der Waals surface area contributed by atoms with Crippen molar-refractivity contribution >= 4 is 22.9 Å².